The fourth-order valence-corrected chi connectivity index (χ4v) is 1.77. The Morgan fingerprint density at radius 1 is 1.47 bits per heavy atom. The number of nitrogens with zero attached hydrogens (tertiary/aromatic N) is 1. The molecular formula is C10H12IN3O. The van der Waals surface area contributed by atoms with Gasteiger partial charge >= 0.3 is 0 Å². The van der Waals surface area contributed by atoms with Crippen LogP contribution in [0.4, 0.5) is 0 Å². The molecule has 0 amide bonds. The van der Waals surface area contributed by atoms with E-state index in [4.69, 9.17) is 4.42 Å². The van der Waals surface area contributed by atoms with Gasteiger partial charge < -0.3 is 14.7 Å². The highest BCUT2D eigenvalue weighted by atomic mass is 127. The number of H-pyrrole nitrogens is 1. The molecule has 5 heteroatoms. The molecular weight excluding hydrogens is 305 g/mol. The molecule has 2 aromatic heterocycles. The molecule has 0 aromatic carbocycles. The van der Waals surface area contributed by atoms with Gasteiger partial charge in [-0.1, -0.05) is 0 Å². The van der Waals surface area contributed by atoms with Crippen LogP contribution < -0.4 is 5.32 Å². The number of rotatable bonds is 5. The SMILES string of the molecule is Ic1ccc(CNCCc2cnc[nH]2)o1. The van der Waals surface area contributed by atoms with E-state index in [0.29, 0.717) is 0 Å². The van der Waals surface area contributed by atoms with Crippen molar-refractivity contribution in [2.45, 2.75) is 13.0 Å². The Labute approximate surface area is 102 Å². The van der Waals surface area contributed by atoms with Crippen LogP contribution >= 0.6 is 22.6 Å². The summed E-state index contributed by atoms with van der Waals surface area (Å²) in [4.78, 5) is 7.02. The van der Waals surface area contributed by atoms with Crippen LogP contribution in [0.2, 0.25) is 0 Å². The van der Waals surface area contributed by atoms with E-state index < -0.39 is 0 Å². The first kappa shape index (κ1) is 10.7. The van der Waals surface area contributed by atoms with Crippen LogP contribution in [-0.4, -0.2) is 16.5 Å². The van der Waals surface area contributed by atoms with Gasteiger partial charge in [0.2, 0.25) is 0 Å². The molecule has 0 aliphatic heterocycles. The van der Waals surface area contributed by atoms with Crippen molar-refractivity contribution in [3.63, 3.8) is 0 Å². The summed E-state index contributed by atoms with van der Waals surface area (Å²) in [7, 11) is 0. The maximum absolute atomic E-state index is 5.42. The molecule has 0 fully saturated rings. The highest BCUT2D eigenvalue weighted by Gasteiger charge is 1.98. The second-order valence-corrected chi connectivity index (χ2v) is 4.27. The van der Waals surface area contributed by atoms with Gasteiger partial charge in [-0.15, -0.1) is 0 Å². The van der Waals surface area contributed by atoms with Gasteiger partial charge in [0.15, 0.2) is 3.77 Å². The predicted molar refractivity (Wildman–Crippen MR) is 65.4 cm³/mol. The van der Waals surface area contributed by atoms with Gasteiger partial charge in [0.25, 0.3) is 0 Å². The number of furan rings is 1. The zero-order chi connectivity index (χ0) is 10.5. The molecule has 2 N–H and O–H groups in total. The van der Waals surface area contributed by atoms with Crippen molar-refractivity contribution in [3.05, 3.63) is 39.9 Å². The van der Waals surface area contributed by atoms with Crippen LogP contribution in [0.1, 0.15) is 11.5 Å². The second-order valence-electron chi connectivity index (χ2n) is 3.21. The Kier molecular flexibility index (Phi) is 3.79. The molecule has 0 radical (unpaired) electrons. The zero-order valence-electron chi connectivity index (χ0n) is 8.16. The van der Waals surface area contributed by atoms with Crippen LogP contribution in [0.3, 0.4) is 0 Å². The first-order valence-corrected chi connectivity index (χ1v) is 5.84. The van der Waals surface area contributed by atoms with E-state index in [-0.39, 0.29) is 0 Å². The molecule has 15 heavy (non-hydrogen) atoms. The van der Waals surface area contributed by atoms with Gasteiger partial charge in [-0.2, -0.15) is 0 Å². The van der Waals surface area contributed by atoms with Crippen molar-refractivity contribution in [1.82, 2.24) is 15.3 Å². The number of hydrogen-bond donors (Lipinski definition) is 2. The Morgan fingerprint density at radius 3 is 3.07 bits per heavy atom. The first-order valence-electron chi connectivity index (χ1n) is 4.77. The summed E-state index contributed by atoms with van der Waals surface area (Å²) in [5.74, 6) is 0.976. The molecule has 2 aromatic rings. The predicted octanol–water partition coefficient (Wildman–Crippen LogP) is 1.94. The molecule has 0 bridgehead atoms. The van der Waals surface area contributed by atoms with E-state index in [0.717, 1.165) is 34.7 Å². The number of imidazole rings is 1. The summed E-state index contributed by atoms with van der Waals surface area (Å²) in [6.07, 6.45) is 4.50. The van der Waals surface area contributed by atoms with Gasteiger partial charge in [-0.05, 0) is 34.7 Å². The molecule has 0 saturated carbocycles. The quantitative estimate of drug-likeness (QED) is 0.655. The zero-order valence-corrected chi connectivity index (χ0v) is 10.3. The van der Waals surface area contributed by atoms with Crippen LogP contribution in [0.15, 0.2) is 29.1 Å². The third-order valence-electron chi connectivity index (χ3n) is 2.05. The van der Waals surface area contributed by atoms with E-state index >= 15 is 0 Å². The van der Waals surface area contributed by atoms with Crippen molar-refractivity contribution in [1.29, 1.82) is 0 Å². The third-order valence-corrected chi connectivity index (χ3v) is 2.63. The fourth-order valence-electron chi connectivity index (χ4n) is 1.30. The molecule has 0 saturated heterocycles. The Hall–Kier alpha value is -0.820. The molecule has 0 atom stereocenters. The Bertz CT molecular complexity index is 396. The smallest absolute Gasteiger partial charge is 0.164 e. The molecule has 2 heterocycles. The van der Waals surface area contributed by atoms with Gasteiger partial charge in [-0.3, -0.25) is 0 Å². The summed E-state index contributed by atoms with van der Waals surface area (Å²) in [6, 6.07) is 3.96. The minimum atomic E-state index is 0.775. The minimum Gasteiger partial charge on any atom is -0.454 e. The summed E-state index contributed by atoms with van der Waals surface area (Å²) in [5, 5.41) is 3.31. The van der Waals surface area contributed by atoms with Gasteiger partial charge in [0, 0.05) is 24.9 Å². The van der Waals surface area contributed by atoms with E-state index in [9.17, 15) is 0 Å². The van der Waals surface area contributed by atoms with E-state index in [1.807, 2.05) is 18.3 Å². The average molecular weight is 317 g/mol. The number of nitrogens with one attached hydrogen (secondary N) is 2. The summed E-state index contributed by atoms with van der Waals surface area (Å²) >= 11 is 2.16. The molecule has 0 aliphatic rings. The van der Waals surface area contributed by atoms with E-state index in [2.05, 4.69) is 37.9 Å². The van der Waals surface area contributed by atoms with Crippen molar-refractivity contribution in [3.8, 4) is 0 Å². The van der Waals surface area contributed by atoms with Crippen LogP contribution in [-0.2, 0) is 13.0 Å². The maximum atomic E-state index is 5.42. The van der Waals surface area contributed by atoms with Crippen molar-refractivity contribution in [2.24, 2.45) is 0 Å². The molecule has 0 spiro atoms. The number of aromatic amines is 1. The lowest BCUT2D eigenvalue weighted by atomic mass is 10.3. The second kappa shape index (κ2) is 5.32. The lowest BCUT2D eigenvalue weighted by Crippen LogP contribution is -2.16. The topological polar surface area (TPSA) is 53.9 Å². The lowest BCUT2D eigenvalue weighted by molar-refractivity contribution is 0.464. The van der Waals surface area contributed by atoms with E-state index in [1.54, 1.807) is 6.33 Å². The highest BCUT2D eigenvalue weighted by Crippen LogP contribution is 2.09. The number of aromatic nitrogens is 2. The first-order chi connectivity index (χ1) is 7.34. The fraction of sp³-hybridized carbons (Fsp3) is 0.300. The standard InChI is InChI=1S/C10H12IN3O/c11-10-2-1-9(15-10)6-12-4-3-8-5-13-7-14-8/h1-2,5,7,12H,3-4,6H2,(H,13,14). The summed E-state index contributed by atoms with van der Waals surface area (Å²) in [6.45, 7) is 1.69. The van der Waals surface area contributed by atoms with E-state index in [1.165, 1.54) is 0 Å². The monoisotopic (exact) mass is 317 g/mol. The minimum absolute atomic E-state index is 0.775. The third kappa shape index (κ3) is 3.35. The average Bonchev–Trinajstić information content (AvgIpc) is 2.84. The molecule has 4 nitrogen and oxygen atoms in total. The van der Waals surface area contributed by atoms with Crippen molar-refractivity contribution >= 4 is 22.6 Å². The normalized spacial score (nSPS) is 10.7. The van der Waals surface area contributed by atoms with Gasteiger partial charge in [0.1, 0.15) is 5.76 Å². The highest BCUT2D eigenvalue weighted by molar-refractivity contribution is 14.1. The summed E-state index contributed by atoms with van der Waals surface area (Å²) in [5.41, 5.74) is 1.15. The van der Waals surface area contributed by atoms with Gasteiger partial charge in [-0.25, -0.2) is 4.98 Å². The van der Waals surface area contributed by atoms with Crippen molar-refractivity contribution < 1.29 is 4.42 Å². The largest absolute Gasteiger partial charge is 0.454 e. The van der Waals surface area contributed by atoms with Crippen LogP contribution in [0.25, 0.3) is 0 Å². The van der Waals surface area contributed by atoms with Crippen LogP contribution in [0.5, 0.6) is 0 Å². The molecule has 0 aliphatic carbocycles. The molecule has 80 valence electrons. The molecule has 0 unspecified atom stereocenters. The number of halogens is 1. The Balaban J connectivity index is 1.67. The Morgan fingerprint density at radius 2 is 2.40 bits per heavy atom. The number of hydrogen-bond acceptors (Lipinski definition) is 3. The van der Waals surface area contributed by atoms with Gasteiger partial charge in [0.05, 0.1) is 12.9 Å². The maximum Gasteiger partial charge on any atom is 0.164 e. The lowest BCUT2D eigenvalue weighted by Gasteiger charge is -2.00. The van der Waals surface area contributed by atoms with Crippen molar-refractivity contribution in [2.75, 3.05) is 6.54 Å². The van der Waals surface area contributed by atoms with Crippen LogP contribution in [0, 0.1) is 3.77 Å². The molecule has 2 rings (SSSR count). The summed E-state index contributed by atoms with van der Waals surface area (Å²) < 4.78 is 6.35.